The summed E-state index contributed by atoms with van der Waals surface area (Å²) in [4.78, 5) is 24.4. The van der Waals surface area contributed by atoms with Crippen LogP contribution in [-0.4, -0.2) is 29.1 Å². The molecular formula is C24H36O4. The van der Waals surface area contributed by atoms with E-state index in [0.717, 1.165) is 51.4 Å². The molecule has 156 valence electrons. The lowest BCUT2D eigenvalue weighted by molar-refractivity contribution is -0.182. The third-order valence-electron chi connectivity index (χ3n) is 9.58. The average Bonchev–Trinajstić information content (AvgIpc) is 2.96. The Kier molecular flexibility index (Phi) is 4.80. The Morgan fingerprint density at radius 3 is 2.61 bits per heavy atom. The molecule has 4 aliphatic carbocycles. The summed E-state index contributed by atoms with van der Waals surface area (Å²) in [6.07, 6.45) is 10.6. The Balaban J connectivity index is 1.72. The van der Waals surface area contributed by atoms with E-state index in [-0.39, 0.29) is 34.4 Å². The molecule has 0 amide bonds. The fourth-order valence-corrected chi connectivity index (χ4v) is 8.11. The van der Waals surface area contributed by atoms with Crippen LogP contribution < -0.4 is 0 Å². The van der Waals surface area contributed by atoms with Crippen LogP contribution in [0, 0.1) is 34.5 Å². The second-order valence-electron chi connectivity index (χ2n) is 10.3. The van der Waals surface area contributed by atoms with Gasteiger partial charge in [0, 0.05) is 18.3 Å². The lowest BCUT2D eigenvalue weighted by Crippen LogP contribution is -2.57. The Morgan fingerprint density at radius 1 is 1.25 bits per heavy atom. The maximum atomic E-state index is 12.5. The van der Waals surface area contributed by atoms with E-state index in [1.165, 1.54) is 18.8 Å². The summed E-state index contributed by atoms with van der Waals surface area (Å²) in [5.74, 6) is 1.23. The molecule has 4 heteroatoms. The van der Waals surface area contributed by atoms with Crippen LogP contribution in [0.1, 0.15) is 79.1 Å². The zero-order valence-electron chi connectivity index (χ0n) is 17.9. The molecular weight excluding hydrogens is 352 g/mol. The molecule has 4 rings (SSSR count). The summed E-state index contributed by atoms with van der Waals surface area (Å²) in [6, 6.07) is 0. The monoisotopic (exact) mass is 388 g/mol. The van der Waals surface area contributed by atoms with E-state index in [0.29, 0.717) is 17.8 Å². The Labute approximate surface area is 169 Å². The molecule has 1 N–H and O–H groups in total. The molecule has 0 saturated heterocycles. The number of esters is 1. The molecule has 4 nitrogen and oxygen atoms in total. The van der Waals surface area contributed by atoms with Crippen LogP contribution in [0.3, 0.4) is 0 Å². The lowest BCUT2D eigenvalue weighted by Gasteiger charge is -2.59. The van der Waals surface area contributed by atoms with Gasteiger partial charge in [-0.05, 0) is 69.1 Å². The minimum Gasteiger partial charge on any atom is -0.459 e. The number of ether oxygens (including phenoxy) is 1. The van der Waals surface area contributed by atoms with Gasteiger partial charge in [-0.2, -0.15) is 0 Å². The SMILES string of the molecule is CC[C@]1(OC(C)=O)CC[C@H]2[C@@H]3CC=C4[C@H](C)[C@@H](O)CC[C@]4(C=O)[C@H]3CC[C@@]21C. The maximum Gasteiger partial charge on any atom is 0.303 e. The largest absolute Gasteiger partial charge is 0.459 e. The van der Waals surface area contributed by atoms with Crippen molar-refractivity contribution in [3.8, 4) is 0 Å². The number of carbonyl (C=O) groups excluding carboxylic acids is 2. The van der Waals surface area contributed by atoms with E-state index in [4.69, 9.17) is 4.74 Å². The molecule has 0 aromatic rings. The summed E-state index contributed by atoms with van der Waals surface area (Å²) in [7, 11) is 0. The van der Waals surface area contributed by atoms with Crippen molar-refractivity contribution in [2.24, 2.45) is 34.5 Å². The predicted molar refractivity (Wildman–Crippen MR) is 107 cm³/mol. The predicted octanol–water partition coefficient (Wildman–Crippen LogP) is 4.45. The van der Waals surface area contributed by atoms with Gasteiger partial charge in [-0.3, -0.25) is 4.79 Å². The summed E-state index contributed by atoms with van der Waals surface area (Å²) in [5, 5.41) is 10.4. The smallest absolute Gasteiger partial charge is 0.303 e. The minimum absolute atomic E-state index is 0.0101. The van der Waals surface area contributed by atoms with Crippen LogP contribution in [0.2, 0.25) is 0 Å². The van der Waals surface area contributed by atoms with Crippen LogP contribution >= 0.6 is 0 Å². The Morgan fingerprint density at radius 2 is 1.96 bits per heavy atom. The van der Waals surface area contributed by atoms with Crippen molar-refractivity contribution < 1.29 is 19.4 Å². The first kappa shape index (κ1) is 20.1. The fourth-order valence-electron chi connectivity index (χ4n) is 8.11. The highest BCUT2D eigenvalue weighted by molar-refractivity contribution is 5.68. The zero-order valence-corrected chi connectivity index (χ0v) is 17.9. The van der Waals surface area contributed by atoms with Crippen LogP contribution in [-0.2, 0) is 14.3 Å². The van der Waals surface area contributed by atoms with Gasteiger partial charge >= 0.3 is 5.97 Å². The summed E-state index contributed by atoms with van der Waals surface area (Å²) in [6.45, 7) is 8.11. The molecule has 3 saturated carbocycles. The topological polar surface area (TPSA) is 63.6 Å². The standard InChI is InChI=1S/C24H36O4/c1-5-24(28-16(3)26)13-9-19-17-6-7-18-15(2)21(27)10-12-23(18,14-25)20(17)8-11-22(19,24)4/h7,14-15,17,19-21,27H,5-6,8-13H2,1-4H3/t15-,17-,19-,20-,21-,22-,23+,24-/m0/s1. The first-order valence-electron chi connectivity index (χ1n) is 11.3. The van der Waals surface area contributed by atoms with Crippen molar-refractivity contribution >= 4 is 12.3 Å². The zero-order chi connectivity index (χ0) is 20.3. The van der Waals surface area contributed by atoms with Gasteiger partial charge in [0.1, 0.15) is 11.9 Å². The molecule has 28 heavy (non-hydrogen) atoms. The van der Waals surface area contributed by atoms with Crippen LogP contribution in [0.4, 0.5) is 0 Å². The molecule has 8 atom stereocenters. The average molecular weight is 389 g/mol. The van der Waals surface area contributed by atoms with E-state index < -0.39 is 0 Å². The van der Waals surface area contributed by atoms with Gasteiger partial charge < -0.3 is 14.6 Å². The first-order chi connectivity index (χ1) is 13.2. The van der Waals surface area contributed by atoms with Crippen molar-refractivity contribution in [1.29, 1.82) is 0 Å². The van der Waals surface area contributed by atoms with Crippen molar-refractivity contribution in [2.75, 3.05) is 0 Å². The number of hydrogen-bond donors (Lipinski definition) is 1. The van der Waals surface area contributed by atoms with Crippen LogP contribution in [0.25, 0.3) is 0 Å². The molecule has 0 unspecified atom stereocenters. The van der Waals surface area contributed by atoms with Gasteiger partial charge in [-0.1, -0.05) is 32.4 Å². The van der Waals surface area contributed by atoms with Crippen LogP contribution in [0.5, 0.6) is 0 Å². The third-order valence-corrected chi connectivity index (χ3v) is 9.58. The highest BCUT2D eigenvalue weighted by Crippen LogP contribution is 2.68. The first-order valence-corrected chi connectivity index (χ1v) is 11.3. The Hall–Kier alpha value is -1.16. The van der Waals surface area contributed by atoms with Crippen molar-refractivity contribution in [2.45, 2.75) is 90.8 Å². The molecule has 0 heterocycles. The van der Waals surface area contributed by atoms with Gasteiger partial charge in [-0.25, -0.2) is 0 Å². The highest BCUT2D eigenvalue weighted by atomic mass is 16.6. The number of aliphatic hydroxyl groups excluding tert-OH is 1. The van der Waals surface area contributed by atoms with E-state index in [1.54, 1.807) is 0 Å². The second kappa shape index (κ2) is 6.68. The molecule has 3 fully saturated rings. The van der Waals surface area contributed by atoms with Crippen molar-refractivity contribution in [3.05, 3.63) is 11.6 Å². The van der Waals surface area contributed by atoms with Gasteiger partial charge in [0.15, 0.2) is 0 Å². The number of aliphatic hydroxyl groups is 1. The van der Waals surface area contributed by atoms with Crippen molar-refractivity contribution in [1.82, 2.24) is 0 Å². The van der Waals surface area contributed by atoms with Crippen LogP contribution in [0.15, 0.2) is 11.6 Å². The Bertz CT molecular complexity index is 699. The fraction of sp³-hybridized carbons (Fsp3) is 0.833. The number of hydrogen-bond acceptors (Lipinski definition) is 4. The number of allylic oxidation sites excluding steroid dienone is 1. The number of carbonyl (C=O) groups is 2. The van der Waals surface area contributed by atoms with E-state index >= 15 is 0 Å². The highest BCUT2D eigenvalue weighted by Gasteiger charge is 2.66. The maximum absolute atomic E-state index is 12.5. The minimum atomic E-state index is -0.387. The van der Waals surface area contributed by atoms with E-state index in [1.807, 2.05) is 0 Å². The molecule has 0 aromatic heterocycles. The number of fused-ring (bicyclic) bond motifs is 5. The van der Waals surface area contributed by atoms with E-state index in [2.05, 4.69) is 26.8 Å². The summed E-state index contributed by atoms with van der Waals surface area (Å²) >= 11 is 0. The van der Waals surface area contributed by atoms with Gasteiger partial charge in [-0.15, -0.1) is 0 Å². The molecule has 0 radical (unpaired) electrons. The number of aldehydes is 1. The summed E-state index contributed by atoms with van der Waals surface area (Å²) < 4.78 is 6.03. The second-order valence-corrected chi connectivity index (χ2v) is 10.3. The van der Waals surface area contributed by atoms with Gasteiger partial charge in [0.2, 0.25) is 0 Å². The third kappa shape index (κ3) is 2.45. The molecule has 0 aromatic carbocycles. The normalized spacial score (nSPS) is 50.0. The quantitative estimate of drug-likeness (QED) is 0.441. The molecule has 0 bridgehead atoms. The van der Waals surface area contributed by atoms with Gasteiger partial charge in [0.05, 0.1) is 11.5 Å². The van der Waals surface area contributed by atoms with Gasteiger partial charge in [0.25, 0.3) is 0 Å². The molecule has 4 aliphatic rings. The number of rotatable bonds is 3. The lowest BCUT2D eigenvalue weighted by atomic mass is 9.45. The van der Waals surface area contributed by atoms with Crippen molar-refractivity contribution in [3.63, 3.8) is 0 Å². The van der Waals surface area contributed by atoms with E-state index in [9.17, 15) is 14.7 Å². The summed E-state index contributed by atoms with van der Waals surface area (Å²) in [5.41, 5.74) is 0.444. The molecule has 0 aliphatic heterocycles. The molecule has 0 spiro atoms.